The Morgan fingerprint density at radius 3 is 2.52 bits per heavy atom. The number of thiazole rings is 1. The molecule has 126 valence electrons. The van der Waals surface area contributed by atoms with E-state index in [1.165, 1.54) is 11.3 Å². The first-order valence-corrected chi connectivity index (χ1v) is 9.12. The monoisotopic (exact) mass is 353 g/mol. The number of rotatable bonds is 3. The topological polar surface area (TPSA) is 79.4 Å². The first kappa shape index (κ1) is 14.8. The van der Waals surface area contributed by atoms with Gasteiger partial charge in [0.05, 0.1) is 22.1 Å². The van der Waals surface area contributed by atoms with E-state index < -0.39 is 0 Å². The van der Waals surface area contributed by atoms with Crippen LogP contribution < -0.4 is 5.32 Å². The molecule has 25 heavy (non-hydrogen) atoms. The average molecular weight is 353 g/mol. The normalized spacial score (nSPS) is 29.7. The van der Waals surface area contributed by atoms with Crippen molar-refractivity contribution >= 4 is 44.4 Å². The lowest BCUT2D eigenvalue weighted by Gasteiger charge is -2.16. The van der Waals surface area contributed by atoms with Gasteiger partial charge in [0.15, 0.2) is 5.13 Å². The molecule has 7 heteroatoms. The Hall–Kier alpha value is -2.54. The van der Waals surface area contributed by atoms with Crippen LogP contribution in [0, 0.1) is 23.7 Å². The van der Waals surface area contributed by atoms with Gasteiger partial charge in [0, 0.05) is 0 Å². The Balaban J connectivity index is 1.31. The fourth-order valence-corrected chi connectivity index (χ4v) is 5.23. The average Bonchev–Trinajstić information content (AvgIpc) is 3.34. The summed E-state index contributed by atoms with van der Waals surface area (Å²) in [5, 5.41) is 3.19. The number of hydrogen-bond acceptors (Lipinski definition) is 5. The van der Waals surface area contributed by atoms with Crippen molar-refractivity contribution in [2.45, 2.75) is 6.42 Å². The summed E-state index contributed by atoms with van der Waals surface area (Å²) in [5.74, 6) is -1.01. The number of hydrogen-bond donors (Lipinski definition) is 1. The number of carbonyl (C=O) groups is 3. The van der Waals surface area contributed by atoms with Crippen LogP contribution in [0.3, 0.4) is 0 Å². The molecule has 6 nitrogen and oxygen atoms in total. The zero-order valence-corrected chi connectivity index (χ0v) is 14.0. The van der Waals surface area contributed by atoms with Crippen molar-refractivity contribution in [3.05, 3.63) is 36.4 Å². The van der Waals surface area contributed by atoms with Crippen molar-refractivity contribution in [2.24, 2.45) is 23.7 Å². The molecule has 2 bridgehead atoms. The standard InChI is InChI=1S/C18H15N3O3S/c22-13(20-18-19-11-3-1-2-4-12(11)25-18)8-21-16(23)14-9-5-6-10(7-9)15(14)17(21)24/h1-6,9-10,14-15H,7-8H2,(H,19,20,22)/t9-,10+,14-,15-/m0/s1. The number of anilines is 1. The molecule has 0 spiro atoms. The van der Waals surface area contributed by atoms with Gasteiger partial charge < -0.3 is 5.32 Å². The van der Waals surface area contributed by atoms with Gasteiger partial charge in [-0.1, -0.05) is 35.6 Å². The molecule has 1 saturated heterocycles. The summed E-state index contributed by atoms with van der Waals surface area (Å²) in [6.45, 7) is -0.236. The Morgan fingerprint density at radius 1 is 1.16 bits per heavy atom. The van der Waals surface area contributed by atoms with E-state index in [1.807, 2.05) is 36.4 Å². The SMILES string of the molecule is O=C(CN1C(=O)[C@@H]2[C@@H](C1=O)[C@H]1C=C[C@@H]2C1)Nc1nc2ccccc2s1. The van der Waals surface area contributed by atoms with Gasteiger partial charge >= 0.3 is 0 Å². The predicted molar refractivity (Wildman–Crippen MR) is 92.7 cm³/mol. The third kappa shape index (κ3) is 2.15. The van der Waals surface area contributed by atoms with Gasteiger partial charge in [-0.05, 0) is 30.4 Å². The lowest BCUT2D eigenvalue weighted by molar-refractivity contribution is -0.143. The van der Waals surface area contributed by atoms with E-state index >= 15 is 0 Å². The van der Waals surface area contributed by atoms with E-state index in [0.717, 1.165) is 21.5 Å². The highest BCUT2D eigenvalue weighted by atomic mass is 32.1. The molecule has 0 radical (unpaired) electrons. The molecule has 2 aromatic rings. The van der Waals surface area contributed by atoms with Crippen LogP contribution in [0.1, 0.15) is 6.42 Å². The second kappa shape index (κ2) is 5.23. The Bertz CT molecular complexity index is 887. The summed E-state index contributed by atoms with van der Waals surface area (Å²) in [6.07, 6.45) is 4.97. The van der Waals surface area contributed by atoms with Crippen molar-refractivity contribution in [1.82, 2.24) is 9.88 Å². The maximum absolute atomic E-state index is 12.6. The first-order chi connectivity index (χ1) is 12.1. The van der Waals surface area contributed by atoms with Crippen LogP contribution in [0.2, 0.25) is 0 Å². The van der Waals surface area contributed by atoms with E-state index in [1.54, 1.807) is 0 Å². The zero-order chi connectivity index (χ0) is 17.1. The zero-order valence-electron chi connectivity index (χ0n) is 13.2. The van der Waals surface area contributed by atoms with Crippen molar-refractivity contribution < 1.29 is 14.4 Å². The molecular formula is C18H15N3O3S. The van der Waals surface area contributed by atoms with Gasteiger partial charge in [-0.3, -0.25) is 19.3 Å². The Labute approximate surface area is 147 Å². The summed E-state index contributed by atoms with van der Waals surface area (Å²) in [6, 6.07) is 7.60. The van der Waals surface area contributed by atoms with Gasteiger partial charge in [0.1, 0.15) is 6.54 Å². The number of likely N-dealkylation sites (tertiary alicyclic amines) is 1. The minimum absolute atomic E-state index is 0.156. The highest BCUT2D eigenvalue weighted by molar-refractivity contribution is 7.22. The number of carbonyl (C=O) groups excluding carboxylic acids is 3. The molecule has 1 aromatic heterocycles. The lowest BCUT2D eigenvalue weighted by atomic mass is 9.85. The summed E-state index contributed by atoms with van der Waals surface area (Å²) < 4.78 is 0.975. The van der Waals surface area contributed by atoms with Crippen molar-refractivity contribution in [3.63, 3.8) is 0 Å². The number of nitrogens with one attached hydrogen (secondary N) is 1. The maximum atomic E-state index is 12.6. The van der Waals surface area contributed by atoms with E-state index in [-0.39, 0.29) is 47.9 Å². The predicted octanol–water partition coefficient (Wildman–Crippen LogP) is 2.04. The molecule has 1 saturated carbocycles. The number of amides is 3. The van der Waals surface area contributed by atoms with Crippen LogP contribution in [0.25, 0.3) is 10.2 Å². The summed E-state index contributed by atoms with van der Waals surface area (Å²) in [4.78, 5) is 43.0. The number of para-hydroxylation sites is 1. The van der Waals surface area contributed by atoms with E-state index in [9.17, 15) is 14.4 Å². The van der Waals surface area contributed by atoms with Crippen molar-refractivity contribution in [2.75, 3.05) is 11.9 Å². The van der Waals surface area contributed by atoms with Crippen LogP contribution in [0.15, 0.2) is 36.4 Å². The molecule has 4 atom stereocenters. The van der Waals surface area contributed by atoms with Crippen LogP contribution in [0.4, 0.5) is 5.13 Å². The summed E-state index contributed by atoms with van der Waals surface area (Å²) in [7, 11) is 0. The minimum Gasteiger partial charge on any atom is -0.300 e. The number of aromatic nitrogens is 1. The van der Waals surface area contributed by atoms with E-state index in [4.69, 9.17) is 0 Å². The molecule has 2 aliphatic carbocycles. The fourth-order valence-electron chi connectivity index (χ4n) is 4.35. The maximum Gasteiger partial charge on any atom is 0.246 e. The van der Waals surface area contributed by atoms with Crippen molar-refractivity contribution in [1.29, 1.82) is 0 Å². The molecule has 3 amide bonds. The molecule has 1 aromatic carbocycles. The molecule has 0 unspecified atom stereocenters. The first-order valence-electron chi connectivity index (χ1n) is 8.31. The molecular weight excluding hydrogens is 338 g/mol. The molecule has 2 fully saturated rings. The second-order valence-corrected chi connectivity index (χ2v) is 7.83. The number of benzene rings is 1. The number of nitrogens with zero attached hydrogens (tertiary/aromatic N) is 2. The number of imide groups is 1. The van der Waals surface area contributed by atoms with Gasteiger partial charge in [0.2, 0.25) is 17.7 Å². The fraction of sp³-hybridized carbons (Fsp3) is 0.333. The Morgan fingerprint density at radius 2 is 1.84 bits per heavy atom. The van der Waals surface area contributed by atoms with Gasteiger partial charge in [-0.15, -0.1) is 0 Å². The Kier molecular flexibility index (Phi) is 3.09. The van der Waals surface area contributed by atoms with Crippen LogP contribution in [-0.4, -0.2) is 34.2 Å². The van der Waals surface area contributed by atoms with Crippen LogP contribution >= 0.6 is 11.3 Å². The molecule has 5 rings (SSSR count). The van der Waals surface area contributed by atoms with Crippen molar-refractivity contribution in [3.8, 4) is 0 Å². The highest BCUT2D eigenvalue weighted by Gasteiger charge is 2.59. The quantitative estimate of drug-likeness (QED) is 0.676. The minimum atomic E-state index is -0.388. The largest absolute Gasteiger partial charge is 0.300 e. The molecule has 1 N–H and O–H groups in total. The molecule has 1 aliphatic heterocycles. The second-order valence-electron chi connectivity index (χ2n) is 6.80. The van der Waals surface area contributed by atoms with Crippen LogP contribution in [0.5, 0.6) is 0 Å². The third-order valence-electron chi connectivity index (χ3n) is 5.40. The number of allylic oxidation sites excluding steroid dienone is 2. The summed E-state index contributed by atoms with van der Waals surface area (Å²) in [5.41, 5.74) is 0.813. The van der Waals surface area contributed by atoms with Gasteiger partial charge in [0.25, 0.3) is 0 Å². The van der Waals surface area contributed by atoms with Gasteiger partial charge in [-0.25, -0.2) is 4.98 Å². The van der Waals surface area contributed by atoms with Gasteiger partial charge in [-0.2, -0.15) is 0 Å². The molecule has 2 heterocycles. The smallest absolute Gasteiger partial charge is 0.246 e. The molecule has 3 aliphatic rings. The van der Waals surface area contributed by atoms with E-state index in [2.05, 4.69) is 10.3 Å². The third-order valence-corrected chi connectivity index (χ3v) is 6.36. The number of fused-ring (bicyclic) bond motifs is 6. The van der Waals surface area contributed by atoms with Crippen LogP contribution in [-0.2, 0) is 14.4 Å². The highest BCUT2D eigenvalue weighted by Crippen LogP contribution is 2.52. The lowest BCUT2D eigenvalue weighted by Crippen LogP contribution is -2.39. The van der Waals surface area contributed by atoms with E-state index in [0.29, 0.717) is 5.13 Å². The summed E-state index contributed by atoms with van der Waals surface area (Å²) >= 11 is 1.37.